The van der Waals surface area contributed by atoms with Crippen LogP contribution in [-0.4, -0.2) is 49.7 Å². The molecule has 6 nitrogen and oxygen atoms in total. The Morgan fingerprint density at radius 1 is 0.963 bits per heavy atom. The predicted molar refractivity (Wildman–Crippen MR) is 109 cm³/mol. The summed E-state index contributed by atoms with van der Waals surface area (Å²) in [5.74, 6) is -0.0155. The Hall–Kier alpha value is -1.80. The van der Waals surface area contributed by atoms with E-state index in [0.717, 1.165) is 5.56 Å². The number of benzene rings is 2. The normalized spacial score (nSPS) is 15.2. The molecule has 0 saturated carbocycles. The third-order valence-corrected chi connectivity index (χ3v) is 6.54. The van der Waals surface area contributed by atoms with Gasteiger partial charge in [0.2, 0.25) is 15.9 Å². The summed E-state index contributed by atoms with van der Waals surface area (Å²) in [7, 11) is -3.57. The number of carbonyl (C=O) groups excluding carboxylic acids is 1. The van der Waals surface area contributed by atoms with Crippen molar-refractivity contribution < 1.29 is 13.2 Å². The van der Waals surface area contributed by atoms with Gasteiger partial charge in [-0.25, -0.2) is 8.42 Å². The van der Waals surface area contributed by atoms with Gasteiger partial charge in [-0.05, 0) is 42.0 Å². The van der Waals surface area contributed by atoms with E-state index in [4.69, 9.17) is 17.3 Å². The number of anilines is 1. The molecule has 1 heterocycles. The molecule has 2 N–H and O–H groups in total. The lowest BCUT2D eigenvalue weighted by molar-refractivity contribution is -0.131. The molecule has 1 aliphatic heterocycles. The summed E-state index contributed by atoms with van der Waals surface area (Å²) >= 11 is 5.82. The van der Waals surface area contributed by atoms with E-state index >= 15 is 0 Å². The molecule has 27 heavy (non-hydrogen) atoms. The van der Waals surface area contributed by atoms with Crippen molar-refractivity contribution in [3.05, 3.63) is 59.1 Å². The second kappa shape index (κ2) is 8.93. The second-order valence-corrected chi connectivity index (χ2v) is 8.53. The molecule has 1 saturated heterocycles. The maximum atomic E-state index is 12.7. The number of nitrogens with zero attached hydrogens (tertiary/aromatic N) is 2. The molecule has 0 radical (unpaired) electrons. The first-order valence-corrected chi connectivity index (χ1v) is 10.1. The SMILES string of the molecule is Cl.Nc1ccc(CC(=O)N2CCN(S(=O)(=O)c3ccc(Cl)cc3)CC2)cc1. The van der Waals surface area contributed by atoms with E-state index in [0.29, 0.717) is 23.8 Å². The smallest absolute Gasteiger partial charge is 0.243 e. The molecular weight excluding hydrogens is 409 g/mol. The van der Waals surface area contributed by atoms with Gasteiger partial charge in [-0.2, -0.15) is 4.31 Å². The van der Waals surface area contributed by atoms with Crippen molar-refractivity contribution in [2.24, 2.45) is 0 Å². The van der Waals surface area contributed by atoms with Crippen molar-refractivity contribution in [1.29, 1.82) is 0 Å². The molecule has 0 spiro atoms. The van der Waals surface area contributed by atoms with E-state index < -0.39 is 10.0 Å². The van der Waals surface area contributed by atoms with Crippen LogP contribution in [0, 0.1) is 0 Å². The minimum Gasteiger partial charge on any atom is -0.399 e. The van der Waals surface area contributed by atoms with Crippen LogP contribution in [0.1, 0.15) is 5.56 Å². The fourth-order valence-electron chi connectivity index (χ4n) is 2.86. The molecule has 2 aromatic rings. The van der Waals surface area contributed by atoms with Gasteiger partial charge in [0, 0.05) is 36.9 Å². The zero-order valence-electron chi connectivity index (χ0n) is 14.5. The first-order valence-electron chi connectivity index (χ1n) is 8.24. The molecule has 0 bridgehead atoms. The number of carbonyl (C=O) groups is 1. The lowest BCUT2D eigenvalue weighted by Crippen LogP contribution is -2.50. The van der Waals surface area contributed by atoms with Gasteiger partial charge in [-0.3, -0.25) is 4.79 Å². The Labute approximate surface area is 170 Å². The van der Waals surface area contributed by atoms with Crippen LogP contribution >= 0.6 is 24.0 Å². The molecule has 1 aliphatic rings. The fraction of sp³-hybridized carbons (Fsp3) is 0.278. The minimum absolute atomic E-state index is 0. The molecule has 2 aromatic carbocycles. The van der Waals surface area contributed by atoms with E-state index in [1.165, 1.54) is 16.4 Å². The van der Waals surface area contributed by atoms with Gasteiger partial charge < -0.3 is 10.6 Å². The molecule has 0 aliphatic carbocycles. The van der Waals surface area contributed by atoms with Gasteiger partial charge >= 0.3 is 0 Å². The number of nitrogen functional groups attached to an aromatic ring is 1. The van der Waals surface area contributed by atoms with Crippen molar-refractivity contribution in [3.8, 4) is 0 Å². The Morgan fingerprint density at radius 2 is 1.52 bits per heavy atom. The third-order valence-electron chi connectivity index (χ3n) is 4.38. The standard InChI is InChI=1S/C18H20ClN3O3S.ClH/c19-15-3-7-17(8-4-15)26(24,25)22-11-9-21(10-12-22)18(23)13-14-1-5-16(20)6-2-14;/h1-8H,9-13,20H2;1H. The van der Waals surface area contributed by atoms with Gasteiger partial charge in [0.05, 0.1) is 11.3 Å². The van der Waals surface area contributed by atoms with E-state index in [1.54, 1.807) is 29.2 Å². The maximum absolute atomic E-state index is 12.7. The summed E-state index contributed by atoms with van der Waals surface area (Å²) in [4.78, 5) is 14.3. The van der Waals surface area contributed by atoms with Crippen LogP contribution in [0.3, 0.4) is 0 Å². The van der Waals surface area contributed by atoms with Crippen LogP contribution in [-0.2, 0) is 21.2 Å². The number of hydrogen-bond acceptors (Lipinski definition) is 4. The molecule has 3 rings (SSSR count). The number of halogens is 2. The van der Waals surface area contributed by atoms with Gasteiger partial charge in [0.1, 0.15) is 0 Å². The van der Waals surface area contributed by atoms with Gasteiger partial charge in [0.15, 0.2) is 0 Å². The van der Waals surface area contributed by atoms with Crippen molar-refractivity contribution in [2.45, 2.75) is 11.3 Å². The second-order valence-electron chi connectivity index (χ2n) is 6.16. The average molecular weight is 430 g/mol. The Balaban J connectivity index is 0.00000261. The van der Waals surface area contributed by atoms with Crippen LogP contribution in [0.2, 0.25) is 5.02 Å². The van der Waals surface area contributed by atoms with Crippen molar-refractivity contribution >= 4 is 45.6 Å². The molecule has 0 unspecified atom stereocenters. The molecule has 0 aromatic heterocycles. The number of hydrogen-bond donors (Lipinski definition) is 1. The number of sulfonamides is 1. The Morgan fingerprint density at radius 3 is 2.07 bits per heavy atom. The number of piperazine rings is 1. The monoisotopic (exact) mass is 429 g/mol. The van der Waals surface area contributed by atoms with Crippen LogP contribution < -0.4 is 5.73 Å². The zero-order chi connectivity index (χ0) is 18.7. The van der Waals surface area contributed by atoms with Crippen LogP contribution in [0.25, 0.3) is 0 Å². The molecule has 1 amide bonds. The van der Waals surface area contributed by atoms with Crippen molar-refractivity contribution in [3.63, 3.8) is 0 Å². The molecular formula is C18H21Cl2N3O3S. The van der Waals surface area contributed by atoms with Crippen LogP contribution in [0.4, 0.5) is 5.69 Å². The van der Waals surface area contributed by atoms with Gasteiger partial charge in [-0.1, -0.05) is 23.7 Å². The fourth-order valence-corrected chi connectivity index (χ4v) is 4.40. The summed E-state index contributed by atoms with van der Waals surface area (Å²) < 4.78 is 26.7. The molecule has 0 atom stereocenters. The zero-order valence-corrected chi connectivity index (χ0v) is 16.9. The summed E-state index contributed by atoms with van der Waals surface area (Å²) in [5.41, 5.74) is 7.19. The van der Waals surface area contributed by atoms with E-state index in [-0.39, 0.29) is 42.7 Å². The topological polar surface area (TPSA) is 83.7 Å². The number of rotatable bonds is 4. The third kappa shape index (κ3) is 5.13. The van der Waals surface area contributed by atoms with Crippen LogP contribution in [0.15, 0.2) is 53.4 Å². The van der Waals surface area contributed by atoms with Crippen LogP contribution in [0.5, 0.6) is 0 Å². The first kappa shape index (κ1) is 21.5. The number of amides is 1. The number of nitrogens with two attached hydrogens (primary N) is 1. The van der Waals surface area contributed by atoms with Crippen molar-refractivity contribution in [2.75, 3.05) is 31.9 Å². The van der Waals surface area contributed by atoms with Gasteiger partial charge in [0.25, 0.3) is 0 Å². The largest absolute Gasteiger partial charge is 0.399 e. The highest BCUT2D eigenvalue weighted by Gasteiger charge is 2.30. The summed E-state index contributed by atoms with van der Waals surface area (Å²) in [6.45, 7) is 1.30. The molecule has 1 fully saturated rings. The summed E-state index contributed by atoms with van der Waals surface area (Å²) in [6.07, 6.45) is 0.282. The molecule has 9 heteroatoms. The lowest BCUT2D eigenvalue weighted by Gasteiger charge is -2.34. The highest BCUT2D eigenvalue weighted by molar-refractivity contribution is 7.89. The van der Waals surface area contributed by atoms with E-state index in [2.05, 4.69) is 0 Å². The van der Waals surface area contributed by atoms with Gasteiger partial charge in [-0.15, -0.1) is 12.4 Å². The Kier molecular flexibility index (Phi) is 7.11. The highest BCUT2D eigenvalue weighted by atomic mass is 35.5. The quantitative estimate of drug-likeness (QED) is 0.756. The van der Waals surface area contributed by atoms with E-state index in [9.17, 15) is 13.2 Å². The average Bonchev–Trinajstić information content (AvgIpc) is 2.64. The highest BCUT2D eigenvalue weighted by Crippen LogP contribution is 2.20. The maximum Gasteiger partial charge on any atom is 0.243 e. The summed E-state index contributed by atoms with van der Waals surface area (Å²) in [5, 5.41) is 0.488. The first-order chi connectivity index (χ1) is 12.4. The van der Waals surface area contributed by atoms with E-state index in [1.807, 2.05) is 12.1 Å². The predicted octanol–water partition coefficient (Wildman–Crippen LogP) is 2.42. The summed E-state index contributed by atoms with van der Waals surface area (Å²) in [6, 6.07) is 13.3. The minimum atomic E-state index is -3.57. The molecule has 146 valence electrons. The Bertz CT molecular complexity index is 879. The lowest BCUT2D eigenvalue weighted by atomic mass is 10.1. The van der Waals surface area contributed by atoms with Crippen molar-refractivity contribution in [1.82, 2.24) is 9.21 Å².